The third-order valence-corrected chi connectivity index (χ3v) is 8.87. The van der Waals surface area contributed by atoms with Gasteiger partial charge in [-0.1, -0.05) is 18.2 Å². The maximum Gasteiger partial charge on any atom is 0.417 e. The minimum absolute atomic E-state index is 0.00925. The third kappa shape index (κ3) is 4.86. The second-order valence-electron chi connectivity index (χ2n) is 11.5. The van der Waals surface area contributed by atoms with Crippen LogP contribution in [0.3, 0.4) is 0 Å². The van der Waals surface area contributed by atoms with Gasteiger partial charge in [0.05, 0.1) is 29.4 Å². The van der Waals surface area contributed by atoms with Gasteiger partial charge < -0.3 is 19.7 Å². The standard InChI is InChI=1S/C32H30F3N3O3/c33-32(34,35)27-4-2-1-3-24(27)25-16-36-30(18-5-6-18)26(25)17-41-23-14-21-9-10-22(15-23)38(21)29-12-8-19-13-20(31(39)40)7-11-28(19)37-29/h1-4,7-8,11-13,16,18,21-23,36H,5-6,9-10,14-15,17H2,(H,39,40). The number of carboxylic acid groups (broad SMARTS) is 1. The van der Waals surface area contributed by atoms with Crippen LogP contribution in [0.15, 0.2) is 60.8 Å². The van der Waals surface area contributed by atoms with Crippen molar-refractivity contribution in [3.05, 3.63) is 83.2 Å². The third-order valence-electron chi connectivity index (χ3n) is 8.87. The Hall–Kier alpha value is -3.85. The topological polar surface area (TPSA) is 78.4 Å². The number of ether oxygens (including phenoxy) is 1. The molecule has 2 atom stereocenters. The minimum atomic E-state index is -4.44. The lowest BCUT2D eigenvalue weighted by Gasteiger charge is -2.39. The molecule has 1 aliphatic carbocycles. The van der Waals surface area contributed by atoms with Crippen molar-refractivity contribution in [2.45, 2.75) is 75.4 Å². The monoisotopic (exact) mass is 561 g/mol. The van der Waals surface area contributed by atoms with Crippen LogP contribution < -0.4 is 4.90 Å². The first-order valence-electron chi connectivity index (χ1n) is 14.2. The molecule has 4 aromatic rings. The Balaban J connectivity index is 1.10. The van der Waals surface area contributed by atoms with E-state index in [4.69, 9.17) is 9.72 Å². The predicted molar refractivity (Wildman–Crippen MR) is 149 cm³/mol. The number of carbonyl (C=O) groups is 1. The smallest absolute Gasteiger partial charge is 0.417 e. The van der Waals surface area contributed by atoms with Gasteiger partial charge in [0.25, 0.3) is 0 Å². The molecule has 9 heteroatoms. The van der Waals surface area contributed by atoms with Crippen molar-refractivity contribution >= 4 is 22.7 Å². The molecular weight excluding hydrogens is 531 g/mol. The summed E-state index contributed by atoms with van der Waals surface area (Å²) in [4.78, 5) is 21.8. The Bertz CT molecular complexity index is 1610. The van der Waals surface area contributed by atoms with E-state index < -0.39 is 17.7 Å². The van der Waals surface area contributed by atoms with Crippen LogP contribution in [-0.2, 0) is 17.5 Å². The minimum Gasteiger partial charge on any atom is -0.478 e. The molecule has 2 aromatic carbocycles. The summed E-state index contributed by atoms with van der Waals surface area (Å²) in [5.41, 5.74) is 2.98. The SMILES string of the molecule is O=C(O)c1ccc2nc(N3C4CCC3CC(OCc3c(-c5ccccc5C(F)(F)F)c[nH]c3C3CC3)C4)ccc2c1. The summed E-state index contributed by atoms with van der Waals surface area (Å²) in [6.45, 7) is 0.279. The van der Waals surface area contributed by atoms with E-state index in [1.165, 1.54) is 6.07 Å². The molecule has 1 saturated carbocycles. The number of aromatic nitrogens is 2. The van der Waals surface area contributed by atoms with Crippen molar-refractivity contribution in [1.29, 1.82) is 0 Å². The van der Waals surface area contributed by atoms with Gasteiger partial charge in [0.1, 0.15) is 5.82 Å². The van der Waals surface area contributed by atoms with Gasteiger partial charge in [0.2, 0.25) is 0 Å². The molecule has 41 heavy (non-hydrogen) atoms. The van der Waals surface area contributed by atoms with Crippen LogP contribution in [0.25, 0.3) is 22.0 Å². The molecule has 3 aliphatic rings. The molecule has 0 amide bonds. The maximum atomic E-state index is 13.9. The molecule has 0 spiro atoms. The Kier molecular flexibility index (Phi) is 6.30. The lowest BCUT2D eigenvalue weighted by atomic mass is 9.96. The zero-order chi connectivity index (χ0) is 28.3. The predicted octanol–water partition coefficient (Wildman–Crippen LogP) is 7.54. The normalized spacial score (nSPS) is 22.4. The highest BCUT2D eigenvalue weighted by Gasteiger charge is 2.42. The number of pyridine rings is 1. The van der Waals surface area contributed by atoms with Gasteiger partial charge >= 0.3 is 12.1 Å². The van der Waals surface area contributed by atoms with E-state index in [1.807, 2.05) is 12.1 Å². The number of fused-ring (bicyclic) bond motifs is 3. The Labute approximate surface area is 235 Å². The summed E-state index contributed by atoms with van der Waals surface area (Å²) in [7, 11) is 0. The lowest BCUT2D eigenvalue weighted by molar-refractivity contribution is -0.137. The van der Waals surface area contributed by atoms with Crippen LogP contribution in [0.5, 0.6) is 0 Å². The fraction of sp³-hybridized carbons (Fsp3) is 0.375. The molecule has 3 fully saturated rings. The van der Waals surface area contributed by atoms with E-state index in [2.05, 4.69) is 9.88 Å². The number of aromatic amines is 1. The highest BCUT2D eigenvalue weighted by Crippen LogP contribution is 2.46. The van der Waals surface area contributed by atoms with Crippen molar-refractivity contribution in [2.24, 2.45) is 0 Å². The first-order chi connectivity index (χ1) is 19.8. The van der Waals surface area contributed by atoms with Crippen molar-refractivity contribution in [3.8, 4) is 11.1 Å². The number of rotatable bonds is 7. The Morgan fingerprint density at radius 3 is 2.46 bits per heavy atom. The number of halogens is 3. The average molecular weight is 562 g/mol. The molecule has 2 N–H and O–H groups in total. The molecule has 2 bridgehead atoms. The second kappa shape index (κ2) is 9.91. The summed E-state index contributed by atoms with van der Waals surface area (Å²) in [5, 5.41) is 10.1. The number of alkyl halides is 3. The molecule has 2 aliphatic heterocycles. The zero-order valence-electron chi connectivity index (χ0n) is 22.3. The number of H-pyrrole nitrogens is 1. The van der Waals surface area contributed by atoms with Gasteiger partial charge in [-0.15, -0.1) is 0 Å². The van der Waals surface area contributed by atoms with Gasteiger partial charge in [-0.05, 0) is 86.4 Å². The van der Waals surface area contributed by atoms with Crippen LogP contribution in [0.1, 0.15) is 71.6 Å². The van der Waals surface area contributed by atoms with E-state index in [0.29, 0.717) is 11.5 Å². The average Bonchev–Trinajstić information content (AvgIpc) is 3.66. The maximum absolute atomic E-state index is 13.9. The Morgan fingerprint density at radius 2 is 1.76 bits per heavy atom. The summed E-state index contributed by atoms with van der Waals surface area (Å²) in [5.74, 6) is 0.278. The molecule has 0 radical (unpaired) electrons. The van der Waals surface area contributed by atoms with Crippen LogP contribution in [0, 0.1) is 0 Å². The molecule has 2 unspecified atom stereocenters. The van der Waals surface area contributed by atoms with Gasteiger partial charge in [-0.25, -0.2) is 9.78 Å². The summed E-state index contributed by atoms with van der Waals surface area (Å²) in [6.07, 6.45) is 3.07. The van der Waals surface area contributed by atoms with E-state index in [1.54, 1.807) is 36.5 Å². The number of nitrogens with zero attached hydrogens (tertiary/aromatic N) is 2. The molecule has 4 heterocycles. The number of aromatic carboxylic acids is 1. The van der Waals surface area contributed by atoms with Crippen LogP contribution >= 0.6 is 0 Å². The number of nitrogens with one attached hydrogen (secondary N) is 1. The van der Waals surface area contributed by atoms with Crippen molar-refractivity contribution in [2.75, 3.05) is 4.90 Å². The molecule has 212 valence electrons. The zero-order valence-corrected chi connectivity index (χ0v) is 22.3. The first-order valence-corrected chi connectivity index (χ1v) is 14.2. The van der Waals surface area contributed by atoms with Crippen LogP contribution in [0.2, 0.25) is 0 Å². The van der Waals surface area contributed by atoms with Gasteiger partial charge in [0, 0.05) is 40.5 Å². The van der Waals surface area contributed by atoms with E-state index in [0.717, 1.165) is 72.6 Å². The number of piperidine rings is 1. The molecule has 2 aromatic heterocycles. The van der Waals surface area contributed by atoms with Crippen molar-refractivity contribution in [1.82, 2.24) is 9.97 Å². The van der Waals surface area contributed by atoms with Crippen molar-refractivity contribution < 1.29 is 27.8 Å². The molecule has 7 rings (SSSR count). The number of hydrogen-bond acceptors (Lipinski definition) is 4. The summed E-state index contributed by atoms with van der Waals surface area (Å²) >= 11 is 0. The van der Waals surface area contributed by atoms with Crippen LogP contribution in [0.4, 0.5) is 19.0 Å². The summed E-state index contributed by atoms with van der Waals surface area (Å²) < 4.78 is 48.1. The van der Waals surface area contributed by atoms with Crippen molar-refractivity contribution in [3.63, 3.8) is 0 Å². The van der Waals surface area contributed by atoms with Gasteiger partial charge in [-0.3, -0.25) is 0 Å². The second-order valence-corrected chi connectivity index (χ2v) is 11.5. The highest BCUT2D eigenvalue weighted by atomic mass is 19.4. The lowest BCUT2D eigenvalue weighted by Crippen LogP contribution is -2.46. The first kappa shape index (κ1) is 26.1. The quantitative estimate of drug-likeness (QED) is 0.244. The highest BCUT2D eigenvalue weighted by molar-refractivity contribution is 5.93. The number of hydrogen-bond donors (Lipinski definition) is 2. The van der Waals surface area contributed by atoms with Gasteiger partial charge in [0.15, 0.2) is 0 Å². The fourth-order valence-corrected chi connectivity index (χ4v) is 6.80. The van der Waals surface area contributed by atoms with Gasteiger partial charge in [-0.2, -0.15) is 13.2 Å². The van der Waals surface area contributed by atoms with E-state index in [-0.39, 0.29) is 35.9 Å². The van der Waals surface area contributed by atoms with Crippen LogP contribution in [-0.4, -0.2) is 39.2 Å². The molecule has 2 saturated heterocycles. The Morgan fingerprint density at radius 1 is 1.00 bits per heavy atom. The van der Waals surface area contributed by atoms with E-state index in [9.17, 15) is 23.1 Å². The summed E-state index contributed by atoms with van der Waals surface area (Å²) in [6, 6.07) is 15.2. The largest absolute Gasteiger partial charge is 0.478 e. The number of carboxylic acids is 1. The molecule has 6 nitrogen and oxygen atoms in total. The number of anilines is 1. The van der Waals surface area contributed by atoms with E-state index >= 15 is 0 Å². The molecular formula is C32H30F3N3O3. The fourth-order valence-electron chi connectivity index (χ4n) is 6.80. The number of benzene rings is 2.